The standard InChI is InChI=1S/C37H36FN7O3S.C9H17NO.C2H5NO2/c1-37(2,3)48-36(46)44-10-4-5-28(44)34-41-17-26(43-34)21-8-9-27-23(12-21)14-29-33-24(38)13-22(25-16-39-19-42-25)15-30(33)47-35(45(27)29)31-18-40-32(49-31)11-20-6-7-20;1-8(2)7-9(11)10-5-3-4-6-10;1-5-2(3)4/h8-9,12-20,28,35H,4-7,10-11H2,1-3H3,(H,39,42)(H,41,43);8H,3-7H2,1-2H3;1H3,(H2,3,4). The second-order valence-corrected chi connectivity index (χ2v) is 19.6. The van der Waals surface area contributed by atoms with Crippen LogP contribution in [0.2, 0.25) is 0 Å². The fourth-order valence-electron chi connectivity index (χ4n) is 8.49. The van der Waals surface area contributed by atoms with E-state index in [1.54, 1.807) is 28.8 Å². The maximum atomic E-state index is 16.1. The van der Waals surface area contributed by atoms with Crippen LogP contribution >= 0.6 is 11.3 Å². The van der Waals surface area contributed by atoms with E-state index in [0.29, 0.717) is 40.9 Å². The molecule has 2 unspecified atom stereocenters. The number of hydrogen-bond acceptors (Lipinski definition) is 10. The average molecular weight is 908 g/mol. The summed E-state index contributed by atoms with van der Waals surface area (Å²) in [5, 5.41) is 2.05. The zero-order valence-electron chi connectivity index (χ0n) is 37.9. The molecule has 3 fully saturated rings. The molecule has 1 aliphatic carbocycles. The number of primary amides is 1. The largest absolute Gasteiger partial charge is 0.464 e. The molecular formula is C48H58FN9O6S. The van der Waals surface area contributed by atoms with E-state index in [1.165, 1.54) is 38.9 Å². The Hall–Kier alpha value is -6.23. The maximum absolute atomic E-state index is 16.1. The molecule has 15 nitrogen and oxygen atoms in total. The number of nitrogens with zero attached hydrogens (tertiary/aromatic N) is 6. The van der Waals surface area contributed by atoms with Crippen molar-refractivity contribution in [3.63, 3.8) is 0 Å². The van der Waals surface area contributed by atoms with Crippen LogP contribution in [-0.2, 0) is 20.7 Å². The molecule has 10 rings (SSSR count). The van der Waals surface area contributed by atoms with Crippen molar-refractivity contribution < 1.29 is 33.0 Å². The number of likely N-dealkylation sites (tertiary alicyclic amines) is 2. The molecule has 65 heavy (non-hydrogen) atoms. The van der Waals surface area contributed by atoms with E-state index in [4.69, 9.17) is 19.4 Å². The van der Waals surface area contributed by atoms with Crippen LogP contribution in [0.4, 0.5) is 14.0 Å². The van der Waals surface area contributed by atoms with Gasteiger partial charge >= 0.3 is 12.2 Å². The second-order valence-electron chi connectivity index (χ2n) is 18.5. The third-order valence-corrected chi connectivity index (χ3v) is 12.8. The topological polar surface area (TPSA) is 187 Å². The Morgan fingerprint density at radius 1 is 0.969 bits per heavy atom. The van der Waals surface area contributed by atoms with Crippen LogP contribution < -0.4 is 10.5 Å². The number of aromatic amines is 2. The molecule has 3 amide bonds. The molecule has 3 aliphatic heterocycles. The number of thiazole rings is 1. The van der Waals surface area contributed by atoms with Crippen molar-refractivity contribution in [1.29, 1.82) is 0 Å². The maximum Gasteiger partial charge on any atom is 0.410 e. The molecule has 1 saturated carbocycles. The lowest BCUT2D eigenvalue weighted by Crippen LogP contribution is -2.36. The molecule has 0 bridgehead atoms. The summed E-state index contributed by atoms with van der Waals surface area (Å²) in [7, 11) is 1.22. The van der Waals surface area contributed by atoms with Gasteiger partial charge in [0, 0.05) is 55.2 Å². The number of rotatable bonds is 8. The van der Waals surface area contributed by atoms with Gasteiger partial charge in [0.25, 0.3) is 0 Å². The van der Waals surface area contributed by atoms with Crippen LogP contribution in [0, 0.1) is 17.7 Å². The van der Waals surface area contributed by atoms with Gasteiger partial charge in [0.05, 0.1) is 69.9 Å². The minimum Gasteiger partial charge on any atom is -0.464 e. The van der Waals surface area contributed by atoms with Crippen molar-refractivity contribution in [3.8, 4) is 39.5 Å². The predicted molar refractivity (Wildman–Crippen MR) is 247 cm³/mol. The number of fused-ring (bicyclic) bond motifs is 5. The summed E-state index contributed by atoms with van der Waals surface area (Å²) in [5.74, 6) is 2.41. The van der Waals surface area contributed by atoms with Crippen LogP contribution in [0.3, 0.4) is 0 Å². The van der Waals surface area contributed by atoms with Gasteiger partial charge in [-0.05, 0) is 101 Å². The predicted octanol–water partition coefficient (Wildman–Crippen LogP) is 10.0. The molecule has 0 spiro atoms. The molecule has 6 aromatic rings. The van der Waals surface area contributed by atoms with Gasteiger partial charge in [-0.2, -0.15) is 0 Å². The van der Waals surface area contributed by atoms with Crippen LogP contribution in [0.5, 0.6) is 5.75 Å². The number of carbonyl (C=O) groups is 3. The number of halogens is 1. The van der Waals surface area contributed by atoms with Gasteiger partial charge in [-0.15, -0.1) is 11.3 Å². The highest BCUT2D eigenvalue weighted by atomic mass is 32.1. The molecule has 0 radical (unpaired) electrons. The molecule has 17 heteroatoms. The summed E-state index contributed by atoms with van der Waals surface area (Å²) in [6.07, 6.45) is 13.7. The molecule has 2 atom stereocenters. The number of imidazole rings is 2. The van der Waals surface area contributed by atoms with Crippen molar-refractivity contribution in [2.75, 3.05) is 26.7 Å². The highest BCUT2D eigenvalue weighted by molar-refractivity contribution is 7.11. The number of nitrogens with one attached hydrogen (secondary N) is 2. The van der Waals surface area contributed by atoms with Crippen LogP contribution in [-0.4, -0.2) is 89.7 Å². The summed E-state index contributed by atoms with van der Waals surface area (Å²) in [4.78, 5) is 58.6. The van der Waals surface area contributed by atoms with E-state index in [9.17, 15) is 14.4 Å². The Labute approximate surface area is 381 Å². The van der Waals surface area contributed by atoms with Crippen LogP contribution in [0.1, 0.15) is 108 Å². The molecule has 4 N–H and O–H groups in total. The summed E-state index contributed by atoms with van der Waals surface area (Å²) in [6.45, 7) is 12.4. The van der Waals surface area contributed by atoms with E-state index >= 15 is 4.39 Å². The third-order valence-electron chi connectivity index (χ3n) is 11.8. The Balaban J connectivity index is 0.000000307. The van der Waals surface area contributed by atoms with E-state index in [2.05, 4.69) is 56.0 Å². The van der Waals surface area contributed by atoms with Crippen molar-refractivity contribution in [2.45, 2.75) is 104 Å². The SMILES string of the molecule is CC(C)(C)OC(=O)N1CCCC1c1ncc(-c2ccc3c(c2)cc2n3C(c3cnc(CC4CC4)s3)Oc3cc(-c4cnc[nH]4)cc(F)c3-2)[nH]1.CC(C)CC(=O)N1CCCC1.COC(N)=O. The third kappa shape index (κ3) is 10.5. The monoisotopic (exact) mass is 907 g/mol. The number of nitrogens with two attached hydrogens (primary N) is 1. The highest BCUT2D eigenvalue weighted by Crippen LogP contribution is 2.48. The Morgan fingerprint density at radius 3 is 2.42 bits per heavy atom. The molecular weight excluding hydrogens is 850 g/mol. The van der Waals surface area contributed by atoms with Gasteiger partial charge in [0.2, 0.25) is 12.1 Å². The van der Waals surface area contributed by atoms with Gasteiger partial charge in [0.15, 0.2) is 0 Å². The second kappa shape index (κ2) is 19.1. The number of aromatic nitrogens is 6. The van der Waals surface area contributed by atoms with E-state index < -0.39 is 17.9 Å². The first-order valence-electron chi connectivity index (χ1n) is 22.4. The zero-order chi connectivity index (χ0) is 46.0. The van der Waals surface area contributed by atoms with Gasteiger partial charge in [-0.1, -0.05) is 19.9 Å². The number of methoxy groups -OCH3 is 1. The van der Waals surface area contributed by atoms with Crippen molar-refractivity contribution in [3.05, 3.63) is 82.8 Å². The lowest BCUT2D eigenvalue weighted by Gasteiger charge is -2.29. The number of ether oxygens (including phenoxy) is 3. The van der Waals surface area contributed by atoms with E-state index in [1.807, 2.05) is 56.3 Å². The fraction of sp³-hybridized carbons (Fsp3) is 0.458. The molecule has 4 aliphatic rings. The summed E-state index contributed by atoms with van der Waals surface area (Å²) < 4.78 is 34.4. The quantitative estimate of drug-likeness (QED) is 0.134. The van der Waals surface area contributed by atoms with E-state index in [0.717, 1.165) is 88.3 Å². The number of carbonyl (C=O) groups excluding carboxylic acids is 3. The number of H-pyrrole nitrogens is 2. The lowest BCUT2D eigenvalue weighted by atomic mass is 10.0. The minimum atomic E-state index is -0.745. The fourth-order valence-corrected chi connectivity index (χ4v) is 9.55. The molecule has 7 heterocycles. The zero-order valence-corrected chi connectivity index (χ0v) is 38.7. The Morgan fingerprint density at radius 2 is 1.74 bits per heavy atom. The first kappa shape index (κ1) is 45.3. The first-order valence-corrected chi connectivity index (χ1v) is 23.2. The number of amides is 3. The van der Waals surface area contributed by atoms with Gasteiger partial charge < -0.3 is 34.8 Å². The van der Waals surface area contributed by atoms with E-state index in [-0.39, 0.29) is 18.0 Å². The minimum absolute atomic E-state index is 0.178. The highest BCUT2D eigenvalue weighted by Gasteiger charge is 2.36. The number of benzene rings is 2. The van der Waals surface area contributed by atoms with Crippen molar-refractivity contribution >= 4 is 40.3 Å². The summed E-state index contributed by atoms with van der Waals surface area (Å²) in [6, 6.07) is 11.5. The van der Waals surface area contributed by atoms with Crippen molar-refractivity contribution in [2.24, 2.45) is 17.6 Å². The smallest absolute Gasteiger partial charge is 0.410 e. The molecule has 4 aromatic heterocycles. The van der Waals surface area contributed by atoms with Crippen molar-refractivity contribution in [1.82, 2.24) is 39.3 Å². The molecule has 2 saturated heterocycles. The van der Waals surface area contributed by atoms with Gasteiger partial charge in [0.1, 0.15) is 23.0 Å². The summed E-state index contributed by atoms with van der Waals surface area (Å²) in [5.41, 5.74) is 9.12. The normalized spacial score (nSPS) is 17.7. The Bertz CT molecular complexity index is 2640. The first-order chi connectivity index (χ1) is 31.1. The van der Waals surface area contributed by atoms with Crippen LogP contribution in [0.15, 0.2) is 61.3 Å². The molecule has 2 aromatic carbocycles. The summed E-state index contributed by atoms with van der Waals surface area (Å²) >= 11 is 1.67. The molecule has 344 valence electrons. The van der Waals surface area contributed by atoms with Crippen LogP contribution in [0.25, 0.3) is 44.7 Å². The van der Waals surface area contributed by atoms with Gasteiger partial charge in [-0.3, -0.25) is 14.3 Å². The number of hydrogen-bond donors (Lipinski definition) is 3. The Kier molecular flexibility index (Phi) is 13.3. The average Bonchev–Trinajstić information content (AvgIpc) is 4.01. The lowest BCUT2D eigenvalue weighted by molar-refractivity contribution is -0.130. The van der Waals surface area contributed by atoms with Gasteiger partial charge in [-0.25, -0.2) is 28.9 Å².